The number of fused-ring (bicyclic) bond motifs is 4. The van der Waals surface area contributed by atoms with Crippen LogP contribution >= 0.6 is 0 Å². The lowest BCUT2D eigenvalue weighted by Gasteiger charge is -2.02. The molecule has 0 heterocycles. The summed E-state index contributed by atoms with van der Waals surface area (Å²) >= 11 is 0. The highest BCUT2D eigenvalue weighted by Crippen LogP contribution is 2.34. The van der Waals surface area contributed by atoms with E-state index in [4.69, 9.17) is 0 Å². The fraction of sp³-hybridized carbons (Fsp3) is 0. The summed E-state index contributed by atoms with van der Waals surface area (Å²) in [6.45, 7) is 0. The van der Waals surface area contributed by atoms with Crippen LogP contribution in [-0.2, 0) is 0 Å². The van der Waals surface area contributed by atoms with E-state index in [0.29, 0.717) is 5.56 Å². The zero-order valence-corrected chi connectivity index (χ0v) is 11.2. The molecule has 2 aromatic rings. The Morgan fingerprint density at radius 2 is 1.48 bits per heavy atom. The van der Waals surface area contributed by atoms with Gasteiger partial charge in [0, 0.05) is 0 Å². The second kappa shape index (κ2) is 4.32. The number of carboxylic acids is 1. The molecule has 0 atom stereocenters. The molecule has 2 nitrogen and oxygen atoms in total. The second-order valence-corrected chi connectivity index (χ2v) is 5.23. The summed E-state index contributed by atoms with van der Waals surface area (Å²) in [5, 5.41) is 13.7. The van der Waals surface area contributed by atoms with Gasteiger partial charge in [-0.05, 0) is 56.9 Å². The van der Waals surface area contributed by atoms with Gasteiger partial charge in [-0.15, -0.1) is 0 Å². The van der Waals surface area contributed by atoms with E-state index in [2.05, 4.69) is 30.3 Å². The Morgan fingerprint density at radius 1 is 0.762 bits per heavy atom. The third-order valence-corrected chi connectivity index (χ3v) is 3.93. The van der Waals surface area contributed by atoms with Crippen molar-refractivity contribution >= 4 is 27.5 Å². The van der Waals surface area contributed by atoms with Crippen molar-refractivity contribution in [3.05, 3.63) is 72.3 Å². The second-order valence-electron chi connectivity index (χ2n) is 5.23. The van der Waals surface area contributed by atoms with Crippen molar-refractivity contribution < 1.29 is 9.90 Å². The molecule has 2 aromatic carbocycles. The van der Waals surface area contributed by atoms with Crippen molar-refractivity contribution in [2.45, 2.75) is 0 Å². The van der Waals surface area contributed by atoms with Crippen LogP contribution in [0.4, 0.5) is 0 Å². The van der Waals surface area contributed by atoms with Gasteiger partial charge in [0.1, 0.15) is 0 Å². The molecule has 0 fully saturated rings. The van der Waals surface area contributed by atoms with Crippen molar-refractivity contribution in [3.8, 4) is 11.1 Å². The van der Waals surface area contributed by atoms with Crippen molar-refractivity contribution in [2.75, 3.05) is 0 Å². The number of carboxylic acid groups (broad SMARTS) is 1. The van der Waals surface area contributed by atoms with Crippen LogP contribution in [0.2, 0.25) is 0 Å². The van der Waals surface area contributed by atoms with Gasteiger partial charge >= 0.3 is 5.97 Å². The molecule has 1 N–H and O–H groups in total. The maximum atomic E-state index is 11.2. The molecule has 0 saturated heterocycles. The third kappa shape index (κ3) is 1.84. The fourth-order valence-corrected chi connectivity index (χ4v) is 2.90. The molecule has 21 heavy (non-hydrogen) atoms. The van der Waals surface area contributed by atoms with E-state index >= 15 is 0 Å². The van der Waals surface area contributed by atoms with Crippen LogP contribution in [0.25, 0.3) is 32.7 Å². The van der Waals surface area contributed by atoms with E-state index < -0.39 is 5.97 Å². The van der Waals surface area contributed by atoms with Gasteiger partial charge in [0.2, 0.25) is 0 Å². The largest absolute Gasteiger partial charge is 0.478 e. The summed E-state index contributed by atoms with van der Waals surface area (Å²) in [6, 6.07) is 22.0. The maximum Gasteiger partial charge on any atom is 0.335 e. The average molecular weight is 272 g/mol. The molecule has 4 rings (SSSR count). The van der Waals surface area contributed by atoms with Crippen LogP contribution in [0.15, 0.2) is 66.7 Å². The van der Waals surface area contributed by atoms with Crippen molar-refractivity contribution in [2.24, 2.45) is 0 Å². The number of hydrogen-bond donors (Lipinski definition) is 1. The predicted molar refractivity (Wildman–Crippen MR) is 85.0 cm³/mol. The van der Waals surface area contributed by atoms with Gasteiger partial charge in [-0.25, -0.2) is 4.79 Å². The normalized spacial score (nSPS) is 11.2. The lowest BCUT2D eigenvalue weighted by Crippen LogP contribution is -1.91. The van der Waals surface area contributed by atoms with Gasteiger partial charge in [-0.2, -0.15) is 0 Å². The van der Waals surface area contributed by atoms with Crippen molar-refractivity contribution in [1.82, 2.24) is 0 Å². The topological polar surface area (TPSA) is 37.3 Å². The highest BCUT2D eigenvalue weighted by Gasteiger charge is 2.13. The van der Waals surface area contributed by atoms with E-state index in [1.807, 2.05) is 24.3 Å². The smallest absolute Gasteiger partial charge is 0.335 e. The Bertz CT molecular complexity index is 969. The Morgan fingerprint density at radius 3 is 2.24 bits per heavy atom. The molecule has 2 heteroatoms. The minimum atomic E-state index is -0.886. The molecular weight excluding hydrogens is 260 g/mol. The molecule has 0 unspecified atom stereocenters. The van der Waals surface area contributed by atoms with Crippen LogP contribution in [0.1, 0.15) is 10.4 Å². The zero-order valence-electron chi connectivity index (χ0n) is 11.2. The monoisotopic (exact) mass is 272 g/mol. The Balaban J connectivity index is 2.16. The molecule has 0 radical (unpaired) electrons. The molecule has 100 valence electrons. The number of rotatable bonds is 1. The van der Waals surface area contributed by atoms with Crippen LogP contribution < -0.4 is 0 Å². The van der Waals surface area contributed by atoms with Crippen molar-refractivity contribution in [1.29, 1.82) is 0 Å². The molecule has 0 bridgehead atoms. The average Bonchev–Trinajstić information content (AvgIpc) is 2.84. The molecule has 0 spiro atoms. The lowest BCUT2D eigenvalue weighted by atomic mass is 10.0. The Kier molecular flexibility index (Phi) is 2.45. The molecule has 0 amide bonds. The number of hydrogen-bond acceptors (Lipinski definition) is 1. The van der Waals surface area contributed by atoms with E-state index in [-0.39, 0.29) is 0 Å². The summed E-state index contributed by atoms with van der Waals surface area (Å²) in [4.78, 5) is 11.2. The lowest BCUT2D eigenvalue weighted by molar-refractivity contribution is 0.0697. The number of benzene rings is 2. The number of carbonyl (C=O) groups is 1. The molecular formula is C19H12O2. The first kappa shape index (κ1) is 11.9. The Hall–Kier alpha value is -2.87. The molecule has 0 saturated carbocycles. The fourth-order valence-electron chi connectivity index (χ4n) is 2.90. The van der Waals surface area contributed by atoms with E-state index in [9.17, 15) is 9.90 Å². The first-order valence-electron chi connectivity index (χ1n) is 6.81. The first-order valence-corrected chi connectivity index (χ1v) is 6.81. The molecule has 0 aromatic heterocycles. The van der Waals surface area contributed by atoms with E-state index in [0.717, 1.165) is 27.3 Å². The molecule has 2 aliphatic rings. The van der Waals surface area contributed by atoms with Gasteiger partial charge in [-0.1, -0.05) is 42.5 Å². The highest BCUT2D eigenvalue weighted by atomic mass is 16.4. The maximum absolute atomic E-state index is 11.2. The minimum absolute atomic E-state index is 0.339. The van der Waals surface area contributed by atoms with E-state index in [1.54, 1.807) is 12.1 Å². The van der Waals surface area contributed by atoms with Crippen LogP contribution in [0, 0.1) is 0 Å². The van der Waals surface area contributed by atoms with Gasteiger partial charge in [-0.3, -0.25) is 0 Å². The Labute approximate surface area is 121 Å². The third-order valence-electron chi connectivity index (χ3n) is 3.93. The SMILES string of the molecule is O=C(O)c1cc2cccc3cc4ccccc4cc3c-2c1. The zero-order chi connectivity index (χ0) is 14.4. The molecule has 2 aliphatic carbocycles. The standard InChI is InChI=1S/C19H12O2/c20-19(21)16-9-15-7-3-6-14-8-12-4-1-2-5-13(12)10-17(14)18(15)11-16/h1-11H,(H,20,21). The number of aromatic carboxylic acids is 1. The quantitative estimate of drug-likeness (QED) is 0.540. The van der Waals surface area contributed by atoms with Crippen molar-refractivity contribution in [3.63, 3.8) is 0 Å². The van der Waals surface area contributed by atoms with Gasteiger partial charge in [0.15, 0.2) is 0 Å². The summed E-state index contributed by atoms with van der Waals surface area (Å²) in [6.07, 6.45) is 0. The minimum Gasteiger partial charge on any atom is -0.478 e. The summed E-state index contributed by atoms with van der Waals surface area (Å²) < 4.78 is 0. The summed E-state index contributed by atoms with van der Waals surface area (Å²) in [7, 11) is 0. The van der Waals surface area contributed by atoms with Crippen LogP contribution in [0.3, 0.4) is 0 Å². The van der Waals surface area contributed by atoms with Gasteiger partial charge in [0.25, 0.3) is 0 Å². The highest BCUT2D eigenvalue weighted by molar-refractivity contribution is 6.07. The molecule has 0 aliphatic heterocycles. The summed E-state index contributed by atoms with van der Waals surface area (Å²) in [5.41, 5.74) is 2.28. The van der Waals surface area contributed by atoms with E-state index in [1.165, 1.54) is 5.39 Å². The predicted octanol–water partition coefficient (Wildman–Crippen LogP) is 4.80. The van der Waals surface area contributed by atoms with Gasteiger partial charge < -0.3 is 5.11 Å². The van der Waals surface area contributed by atoms with Gasteiger partial charge in [0.05, 0.1) is 5.56 Å². The summed E-state index contributed by atoms with van der Waals surface area (Å²) in [5.74, 6) is -0.886. The van der Waals surface area contributed by atoms with Crippen LogP contribution in [0.5, 0.6) is 0 Å². The van der Waals surface area contributed by atoms with Crippen LogP contribution in [-0.4, -0.2) is 11.1 Å². The first-order chi connectivity index (χ1) is 10.2.